The molecular weight excluding hydrogens is 464 g/mol. The molecule has 0 aliphatic carbocycles. The lowest BCUT2D eigenvalue weighted by molar-refractivity contribution is -0.137. The van der Waals surface area contributed by atoms with E-state index in [1.54, 1.807) is 42.5 Å². The van der Waals surface area contributed by atoms with Crippen molar-refractivity contribution in [2.75, 3.05) is 5.32 Å². The third-order valence-corrected chi connectivity index (χ3v) is 5.16. The second-order valence-corrected chi connectivity index (χ2v) is 7.57. The van der Waals surface area contributed by atoms with Crippen LogP contribution in [-0.2, 0) is 6.18 Å². The number of oxazole rings is 1. The average Bonchev–Trinajstić information content (AvgIpc) is 3.25. The first-order valence-corrected chi connectivity index (χ1v) is 9.97. The number of benzene rings is 3. The summed E-state index contributed by atoms with van der Waals surface area (Å²) in [6, 6.07) is 16.1. The van der Waals surface area contributed by atoms with Crippen molar-refractivity contribution in [1.29, 1.82) is 0 Å². The van der Waals surface area contributed by atoms with Crippen LogP contribution in [0.25, 0.3) is 22.8 Å². The number of rotatable bonds is 4. The summed E-state index contributed by atoms with van der Waals surface area (Å²) in [7, 11) is 0. The van der Waals surface area contributed by atoms with E-state index in [0.29, 0.717) is 16.3 Å². The number of alkyl halides is 3. The second-order valence-electron chi connectivity index (χ2n) is 6.73. The number of carbonyl (C=O) groups is 1. The summed E-state index contributed by atoms with van der Waals surface area (Å²) >= 11 is 11.9. The third-order valence-electron chi connectivity index (χ3n) is 4.58. The van der Waals surface area contributed by atoms with Gasteiger partial charge in [-0.1, -0.05) is 35.3 Å². The molecule has 4 aromatic rings. The number of nitrogens with zero attached hydrogens (tertiary/aromatic N) is 1. The van der Waals surface area contributed by atoms with Gasteiger partial charge in [0.05, 0.1) is 28.0 Å². The van der Waals surface area contributed by atoms with Gasteiger partial charge in [-0.05, 0) is 54.6 Å². The predicted octanol–water partition coefficient (Wildman–Crippen LogP) is 7.59. The van der Waals surface area contributed by atoms with E-state index in [9.17, 15) is 18.0 Å². The Hall–Kier alpha value is -3.29. The van der Waals surface area contributed by atoms with E-state index < -0.39 is 17.6 Å². The summed E-state index contributed by atoms with van der Waals surface area (Å²) in [5.74, 6) is -0.0169. The van der Waals surface area contributed by atoms with Crippen molar-refractivity contribution in [3.8, 4) is 22.8 Å². The van der Waals surface area contributed by atoms with Crippen LogP contribution in [-0.4, -0.2) is 10.9 Å². The lowest BCUT2D eigenvalue weighted by Crippen LogP contribution is -2.14. The smallest absolute Gasteiger partial charge is 0.416 e. The summed E-state index contributed by atoms with van der Waals surface area (Å²) in [5.41, 5.74) is 0.186. The van der Waals surface area contributed by atoms with E-state index in [4.69, 9.17) is 27.6 Å². The standard InChI is InChI=1S/C23H13Cl2F3N2O2/c24-15-8-5-13(6-9-15)20-12-29-22(32-20)17-4-2-1-3-16(17)21(31)30-19-11-14(23(26,27)28)7-10-18(19)25/h1-12H,(H,30,31). The largest absolute Gasteiger partial charge is 0.436 e. The molecule has 162 valence electrons. The lowest BCUT2D eigenvalue weighted by atomic mass is 10.1. The van der Waals surface area contributed by atoms with Crippen LogP contribution in [0.1, 0.15) is 15.9 Å². The number of hydrogen-bond acceptors (Lipinski definition) is 3. The molecule has 4 nitrogen and oxygen atoms in total. The van der Waals surface area contributed by atoms with Crippen molar-refractivity contribution in [3.05, 3.63) is 94.1 Å². The van der Waals surface area contributed by atoms with E-state index in [1.165, 1.54) is 12.3 Å². The molecule has 0 aliphatic rings. The molecule has 0 radical (unpaired) electrons. The first kappa shape index (κ1) is 21.9. The molecule has 1 amide bonds. The highest BCUT2D eigenvalue weighted by Gasteiger charge is 2.31. The molecule has 1 aromatic heterocycles. The normalized spacial score (nSPS) is 11.4. The minimum absolute atomic E-state index is 0.0232. The number of carbonyl (C=O) groups excluding carboxylic acids is 1. The molecule has 0 spiro atoms. The molecule has 32 heavy (non-hydrogen) atoms. The van der Waals surface area contributed by atoms with Crippen LogP contribution in [0.5, 0.6) is 0 Å². The topological polar surface area (TPSA) is 55.1 Å². The molecule has 1 N–H and O–H groups in total. The Kier molecular flexibility index (Phi) is 5.95. The Bertz CT molecular complexity index is 1290. The fraction of sp³-hybridized carbons (Fsp3) is 0.0435. The summed E-state index contributed by atoms with van der Waals surface area (Å²) in [4.78, 5) is 17.1. The molecule has 0 atom stereocenters. The van der Waals surface area contributed by atoms with Crippen LogP contribution in [0, 0.1) is 0 Å². The van der Waals surface area contributed by atoms with E-state index >= 15 is 0 Å². The molecule has 0 bridgehead atoms. The lowest BCUT2D eigenvalue weighted by Gasteiger charge is -2.12. The van der Waals surface area contributed by atoms with E-state index in [1.807, 2.05) is 0 Å². The highest BCUT2D eigenvalue weighted by Crippen LogP contribution is 2.35. The summed E-state index contributed by atoms with van der Waals surface area (Å²) in [5, 5.41) is 2.99. The maximum atomic E-state index is 13.0. The minimum atomic E-state index is -4.57. The van der Waals surface area contributed by atoms with Crippen LogP contribution in [0.15, 0.2) is 77.3 Å². The van der Waals surface area contributed by atoms with Gasteiger partial charge in [-0.15, -0.1) is 0 Å². The quantitative estimate of drug-likeness (QED) is 0.330. The first-order chi connectivity index (χ1) is 15.2. The highest BCUT2D eigenvalue weighted by atomic mass is 35.5. The summed E-state index contributed by atoms with van der Waals surface area (Å²) < 4.78 is 44.9. The minimum Gasteiger partial charge on any atom is -0.436 e. The number of halogens is 5. The zero-order chi connectivity index (χ0) is 22.9. The number of hydrogen-bond donors (Lipinski definition) is 1. The Labute approximate surface area is 190 Å². The van der Waals surface area contributed by atoms with Crippen molar-refractivity contribution in [2.45, 2.75) is 6.18 Å². The van der Waals surface area contributed by atoms with Crippen LogP contribution in [0.3, 0.4) is 0 Å². The van der Waals surface area contributed by atoms with Crippen LogP contribution in [0.4, 0.5) is 18.9 Å². The van der Waals surface area contributed by atoms with Gasteiger partial charge >= 0.3 is 6.18 Å². The molecule has 4 rings (SSSR count). The maximum Gasteiger partial charge on any atom is 0.416 e. The van der Waals surface area contributed by atoms with Gasteiger partial charge in [-0.2, -0.15) is 13.2 Å². The molecule has 9 heteroatoms. The number of anilines is 1. The summed E-state index contributed by atoms with van der Waals surface area (Å²) in [6.07, 6.45) is -3.06. The van der Waals surface area contributed by atoms with Crippen LogP contribution in [0.2, 0.25) is 10.0 Å². The Morgan fingerprint density at radius 1 is 0.969 bits per heavy atom. The predicted molar refractivity (Wildman–Crippen MR) is 117 cm³/mol. The number of amides is 1. The number of aromatic nitrogens is 1. The van der Waals surface area contributed by atoms with E-state index in [0.717, 1.165) is 23.8 Å². The molecule has 0 saturated heterocycles. The van der Waals surface area contributed by atoms with Gasteiger partial charge in [0.1, 0.15) is 0 Å². The van der Waals surface area contributed by atoms with Gasteiger partial charge in [0.25, 0.3) is 5.91 Å². The van der Waals surface area contributed by atoms with Gasteiger partial charge in [0, 0.05) is 16.1 Å². The molecular formula is C23H13Cl2F3N2O2. The second kappa shape index (κ2) is 8.68. The molecule has 3 aromatic carbocycles. The third kappa shape index (κ3) is 4.64. The van der Waals surface area contributed by atoms with Crippen LogP contribution >= 0.6 is 23.2 Å². The monoisotopic (exact) mass is 476 g/mol. The Balaban J connectivity index is 1.65. The molecule has 0 fully saturated rings. The van der Waals surface area contributed by atoms with Gasteiger partial charge in [-0.3, -0.25) is 4.79 Å². The highest BCUT2D eigenvalue weighted by molar-refractivity contribution is 6.34. The zero-order valence-corrected chi connectivity index (χ0v) is 17.6. The molecule has 0 aliphatic heterocycles. The molecule has 0 unspecified atom stereocenters. The maximum absolute atomic E-state index is 13.0. The van der Waals surface area contributed by atoms with Crippen molar-refractivity contribution < 1.29 is 22.4 Å². The van der Waals surface area contributed by atoms with Gasteiger partial charge < -0.3 is 9.73 Å². The van der Waals surface area contributed by atoms with Crippen molar-refractivity contribution in [3.63, 3.8) is 0 Å². The van der Waals surface area contributed by atoms with E-state index in [-0.39, 0.29) is 22.2 Å². The van der Waals surface area contributed by atoms with Gasteiger partial charge in [0.15, 0.2) is 5.76 Å². The van der Waals surface area contributed by atoms with Crippen molar-refractivity contribution >= 4 is 34.8 Å². The number of nitrogens with one attached hydrogen (secondary N) is 1. The SMILES string of the molecule is O=C(Nc1cc(C(F)(F)F)ccc1Cl)c1ccccc1-c1ncc(-c2ccc(Cl)cc2)o1. The molecule has 1 heterocycles. The Morgan fingerprint density at radius 2 is 1.69 bits per heavy atom. The van der Waals surface area contributed by atoms with Gasteiger partial charge in [-0.25, -0.2) is 4.98 Å². The van der Waals surface area contributed by atoms with Crippen molar-refractivity contribution in [2.24, 2.45) is 0 Å². The molecule has 0 saturated carbocycles. The van der Waals surface area contributed by atoms with E-state index in [2.05, 4.69) is 10.3 Å². The Morgan fingerprint density at radius 3 is 2.41 bits per heavy atom. The zero-order valence-electron chi connectivity index (χ0n) is 16.1. The van der Waals surface area contributed by atoms with Crippen LogP contribution < -0.4 is 5.32 Å². The van der Waals surface area contributed by atoms with Gasteiger partial charge in [0.2, 0.25) is 5.89 Å². The van der Waals surface area contributed by atoms with Crippen molar-refractivity contribution in [1.82, 2.24) is 4.98 Å². The fourth-order valence-electron chi connectivity index (χ4n) is 3.00. The first-order valence-electron chi connectivity index (χ1n) is 9.21. The average molecular weight is 477 g/mol. The fourth-order valence-corrected chi connectivity index (χ4v) is 3.29. The summed E-state index contributed by atoms with van der Waals surface area (Å²) in [6.45, 7) is 0.